The topological polar surface area (TPSA) is 79.3 Å². The summed E-state index contributed by atoms with van der Waals surface area (Å²) in [4.78, 5) is 28.3. The molecular formula is C31H35N5O2. The molecule has 1 heterocycles. The van der Waals surface area contributed by atoms with Gasteiger partial charge in [-0.05, 0) is 62.4 Å². The third kappa shape index (κ3) is 5.78. The summed E-state index contributed by atoms with van der Waals surface area (Å²) < 4.78 is 1.78. The number of aromatic nitrogens is 2. The number of nitrogens with zero attached hydrogens (tertiary/aromatic N) is 3. The largest absolute Gasteiger partial charge is 0.322 e. The number of carbonyl (C=O) groups is 2. The van der Waals surface area contributed by atoms with Gasteiger partial charge >= 0.3 is 6.03 Å². The van der Waals surface area contributed by atoms with Crippen molar-refractivity contribution in [2.24, 2.45) is 0 Å². The van der Waals surface area contributed by atoms with Crippen LogP contribution in [0.25, 0.3) is 16.8 Å². The molecule has 7 heteroatoms. The Morgan fingerprint density at radius 2 is 1.45 bits per heavy atom. The number of benzene rings is 3. The van der Waals surface area contributed by atoms with Gasteiger partial charge in [-0.2, -0.15) is 5.10 Å². The van der Waals surface area contributed by atoms with Crippen molar-refractivity contribution in [3.63, 3.8) is 0 Å². The number of nitrogens with one attached hydrogen (secondary N) is 2. The maximum atomic E-state index is 13.5. The van der Waals surface area contributed by atoms with Crippen LogP contribution in [0.5, 0.6) is 0 Å². The molecule has 0 aliphatic rings. The predicted molar refractivity (Wildman–Crippen MR) is 154 cm³/mol. The number of anilines is 2. The maximum absolute atomic E-state index is 13.5. The highest BCUT2D eigenvalue weighted by Crippen LogP contribution is 2.34. The molecule has 3 amide bonds. The normalized spacial score (nSPS) is 10.8. The van der Waals surface area contributed by atoms with Gasteiger partial charge in [0.05, 0.1) is 11.4 Å². The van der Waals surface area contributed by atoms with Crippen molar-refractivity contribution in [3.05, 3.63) is 95.2 Å². The van der Waals surface area contributed by atoms with E-state index < -0.39 is 0 Å². The lowest BCUT2D eigenvalue weighted by Gasteiger charge is -2.23. The lowest BCUT2D eigenvalue weighted by Crippen LogP contribution is -2.41. The maximum Gasteiger partial charge on any atom is 0.322 e. The Hall–Kier alpha value is -4.39. The lowest BCUT2D eigenvalue weighted by atomic mass is 10.1. The van der Waals surface area contributed by atoms with Gasteiger partial charge in [0.1, 0.15) is 12.4 Å². The minimum absolute atomic E-state index is 0.0865. The first-order valence-electron chi connectivity index (χ1n) is 12.9. The Labute approximate surface area is 224 Å². The average molecular weight is 510 g/mol. The van der Waals surface area contributed by atoms with Crippen molar-refractivity contribution >= 4 is 23.4 Å². The molecule has 0 saturated heterocycles. The van der Waals surface area contributed by atoms with Gasteiger partial charge in [-0.3, -0.25) is 4.79 Å². The second-order valence-electron chi connectivity index (χ2n) is 9.54. The Morgan fingerprint density at radius 1 is 0.816 bits per heavy atom. The molecule has 0 fully saturated rings. The highest BCUT2D eigenvalue weighted by Gasteiger charge is 2.23. The SMILES string of the molecule is CCCN(CC(=O)Nc1c(-c2ccccc2)c(C)nn1-c1ccccc1C)C(=O)Nc1c(C)cccc1C. The molecule has 0 radical (unpaired) electrons. The Bertz CT molecular complexity index is 1420. The first-order chi connectivity index (χ1) is 18.3. The van der Waals surface area contributed by atoms with Gasteiger partial charge in [-0.1, -0.05) is 73.7 Å². The molecule has 4 rings (SSSR count). The number of rotatable bonds is 8. The molecule has 3 aromatic carbocycles. The molecule has 0 unspecified atom stereocenters. The van der Waals surface area contributed by atoms with Gasteiger partial charge < -0.3 is 15.5 Å². The van der Waals surface area contributed by atoms with Crippen molar-refractivity contribution in [3.8, 4) is 16.8 Å². The van der Waals surface area contributed by atoms with Crippen LogP contribution in [-0.4, -0.2) is 39.7 Å². The number of urea groups is 1. The third-order valence-electron chi connectivity index (χ3n) is 6.55. The molecule has 2 N–H and O–H groups in total. The van der Waals surface area contributed by atoms with E-state index in [-0.39, 0.29) is 18.5 Å². The fraction of sp³-hybridized carbons (Fsp3) is 0.258. The summed E-state index contributed by atoms with van der Waals surface area (Å²) in [6.45, 7) is 10.2. The average Bonchev–Trinajstić information content (AvgIpc) is 3.21. The monoisotopic (exact) mass is 509 g/mol. The molecule has 0 spiro atoms. The quantitative estimate of drug-likeness (QED) is 0.279. The van der Waals surface area contributed by atoms with E-state index in [2.05, 4.69) is 10.6 Å². The molecule has 0 bridgehead atoms. The van der Waals surface area contributed by atoms with Gasteiger partial charge in [-0.15, -0.1) is 0 Å². The molecule has 0 saturated carbocycles. The van der Waals surface area contributed by atoms with Crippen molar-refractivity contribution in [1.82, 2.24) is 14.7 Å². The number of aryl methyl sites for hydroxylation is 4. The number of hydrogen-bond acceptors (Lipinski definition) is 3. The van der Waals surface area contributed by atoms with E-state index in [1.54, 1.807) is 9.58 Å². The molecule has 1 aromatic heterocycles. The fourth-order valence-corrected chi connectivity index (χ4v) is 4.63. The molecule has 196 valence electrons. The molecule has 7 nitrogen and oxygen atoms in total. The standard InChI is InChI=1S/C31H35N5O2/c1-6-19-35(31(38)33-29-22(3)14-12-15-23(29)4)20-27(37)32-30-28(25-16-8-7-9-17-25)24(5)34-36(30)26-18-11-10-13-21(26)2/h7-18H,6,19-20H2,1-5H3,(H,32,37)(H,33,38). The molecular weight excluding hydrogens is 474 g/mol. The van der Waals surface area contributed by atoms with Crippen LogP contribution in [0.2, 0.25) is 0 Å². The first kappa shape index (κ1) is 26.7. The number of carbonyl (C=O) groups excluding carboxylic acids is 2. The van der Waals surface area contributed by atoms with Crippen molar-refractivity contribution in [1.29, 1.82) is 0 Å². The second kappa shape index (κ2) is 11.8. The lowest BCUT2D eigenvalue weighted by molar-refractivity contribution is -0.116. The van der Waals surface area contributed by atoms with Crippen LogP contribution in [0.4, 0.5) is 16.3 Å². The van der Waals surface area contributed by atoms with Crippen LogP contribution >= 0.6 is 0 Å². The van der Waals surface area contributed by atoms with Crippen molar-refractivity contribution in [2.75, 3.05) is 23.7 Å². The summed E-state index contributed by atoms with van der Waals surface area (Å²) in [6, 6.07) is 23.4. The zero-order chi connectivity index (χ0) is 27.2. The van der Waals surface area contributed by atoms with Gasteiger partial charge in [0.25, 0.3) is 0 Å². The van der Waals surface area contributed by atoms with Crippen LogP contribution < -0.4 is 10.6 Å². The van der Waals surface area contributed by atoms with Gasteiger partial charge in [0, 0.05) is 17.8 Å². The van der Waals surface area contributed by atoms with Crippen LogP contribution in [0.1, 0.15) is 35.7 Å². The third-order valence-corrected chi connectivity index (χ3v) is 6.55. The molecule has 0 aliphatic carbocycles. The van der Waals surface area contributed by atoms with E-state index in [0.29, 0.717) is 12.4 Å². The molecule has 4 aromatic rings. The summed E-state index contributed by atoms with van der Waals surface area (Å²) in [5.74, 6) is 0.293. The van der Waals surface area contributed by atoms with E-state index in [1.807, 2.05) is 107 Å². The van der Waals surface area contributed by atoms with Gasteiger partial charge in [0.15, 0.2) is 0 Å². The summed E-state index contributed by atoms with van der Waals surface area (Å²) in [6.07, 6.45) is 0.725. The van der Waals surface area contributed by atoms with Crippen LogP contribution in [0, 0.1) is 27.7 Å². The van der Waals surface area contributed by atoms with E-state index >= 15 is 0 Å². The molecule has 0 atom stereocenters. The van der Waals surface area contributed by atoms with Gasteiger partial charge in [0.2, 0.25) is 5.91 Å². The molecule has 0 aliphatic heterocycles. The molecule has 38 heavy (non-hydrogen) atoms. The van der Waals surface area contributed by atoms with E-state index in [1.165, 1.54) is 0 Å². The smallest absolute Gasteiger partial charge is 0.315 e. The van der Waals surface area contributed by atoms with E-state index in [9.17, 15) is 9.59 Å². The highest BCUT2D eigenvalue weighted by atomic mass is 16.2. The summed E-state index contributed by atoms with van der Waals surface area (Å²) >= 11 is 0. The summed E-state index contributed by atoms with van der Waals surface area (Å²) in [7, 11) is 0. The highest BCUT2D eigenvalue weighted by molar-refractivity contribution is 5.99. The van der Waals surface area contributed by atoms with Crippen molar-refractivity contribution in [2.45, 2.75) is 41.0 Å². The Morgan fingerprint density at radius 3 is 2.11 bits per heavy atom. The zero-order valence-electron chi connectivity index (χ0n) is 22.7. The second-order valence-corrected chi connectivity index (χ2v) is 9.54. The predicted octanol–water partition coefficient (Wildman–Crippen LogP) is 6.66. The Balaban J connectivity index is 1.65. The number of para-hydroxylation sites is 2. The fourth-order valence-electron chi connectivity index (χ4n) is 4.63. The van der Waals surface area contributed by atoms with Crippen LogP contribution in [0.15, 0.2) is 72.8 Å². The minimum atomic E-state index is -0.300. The Kier molecular flexibility index (Phi) is 8.26. The van der Waals surface area contributed by atoms with Crippen molar-refractivity contribution < 1.29 is 9.59 Å². The summed E-state index contributed by atoms with van der Waals surface area (Å²) in [5, 5.41) is 10.9. The first-order valence-corrected chi connectivity index (χ1v) is 12.9. The van der Waals surface area contributed by atoms with Gasteiger partial charge in [-0.25, -0.2) is 9.48 Å². The minimum Gasteiger partial charge on any atom is -0.315 e. The zero-order valence-corrected chi connectivity index (χ0v) is 22.7. The van der Waals surface area contributed by atoms with E-state index in [4.69, 9.17) is 5.10 Å². The van der Waals surface area contributed by atoms with Crippen LogP contribution in [-0.2, 0) is 4.79 Å². The van der Waals surface area contributed by atoms with Crippen LogP contribution in [0.3, 0.4) is 0 Å². The van der Waals surface area contributed by atoms with E-state index in [0.717, 1.165) is 51.3 Å². The number of amides is 3. The number of hydrogen-bond donors (Lipinski definition) is 2. The summed E-state index contributed by atoms with van der Waals surface area (Å²) in [5.41, 5.74) is 7.25.